The fourth-order valence-corrected chi connectivity index (χ4v) is 3.84. The van der Waals surface area contributed by atoms with E-state index in [0.29, 0.717) is 5.92 Å². The molecule has 2 unspecified atom stereocenters. The molecule has 2 nitrogen and oxygen atoms in total. The van der Waals surface area contributed by atoms with Crippen LogP contribution in [0.4, 0.5) is 0 Å². The van der Waals surface area contributed by atoms with Gasteiger partial charge in [0.1, 0.15) is 0 Å². The van der Waals surface area contributed by atoms with Crippen molar-refractivity contribution in [3.05, 3.63) is 20.3 Å². The molecule has 16 heavy (non-hydrogen) atoms. The third kappa shape index (κ3) is 3.06. The zero-order valence-corrected chi connectivity index (χ0v) is 11.9. The van der Waals surface area contributed by atoms with Crippen molar-refractivity contribution < 1.29 is 5.11 Å². The van der Waals surface area contributed by atoms with Gasteiger partial charge in [-0.2, -0.15) is 0 Å². The molecule has 1 aliphatic carbocycles. The first-order chi connectivity index (χ1) is 7.66. The molecule has 0 bridgehead atoms. The molecule has 1 aromatic heterocycles. The number of rotatable bonds is 4. The Morgan fingerprint density at radius 2 is 2.38 bits per heavy atom. The van der Waals surface area contributed by atoms with Gasteiger partial charge in [-0.15, -0.1) is 11.3 Å². The van der Waals surface area contributed by atoms with Crippen LogP contribution < -0.4 is 5.32 Å². The molecule has 0 aromatic carbocycles. The Morgan fingerprint density at radius 3 is 2.94 bits per heavy atom. The van der Waals surface area contributed by atoms with Gasteiger partial charge < -0.3 is 10.4 Å². The van der Waals surface area contributed by atoms with Gasteiger partial charge in [-0.1, -0.05) is 6.42 Å². The standard InChI is InChI=1S/C12H18BrNOS/c1-8-5-10(16-12(8)13)7-14-6-9-3-2-4-11(9)15/h5,9,11,14-15H,2-4,6-7H2,1H3. The van der Waals surface area contributed by atoms with Crippen LogP contribution in [0, 0.1) is 12.8 Å². The zero-order chi connectivity index (χ0) is 11.5. The lowest BCUT2D eigenvalue weighted by Gasteiger charge is -2.14. The largest absolute Gasteiger partial charge is 0.393 e. The average molecular weight is 304 g/mol. The summed E-state index contributed by atoms with van der Waals surface area (Å²) in [5, 5.41) is 13.1. The summed E-state index contributed by atoms with van der Waals surface area (Å²) in [6.45, 7) is 3.97. The summed E-state index contributed by atoms with van der Waals surface area (Å²) >= 11 is 5.32. The SMILES string of the molecule is Cc1cc(CNCC2CCCC2O)sc1Br. The summed E-state index contributed by atoms with van der Waals surface area (Å²) in [6.07, 6.45) is 3.25. The van der Waals surface area contributed by atoms with Crippen LogP contribution in [-0.4, -0.2) is 17.8 Å². The van der Waals surface area contributed by atoms with Crippen molar-refractivity contribution in [2.45, 2.75) is 38.8 Å². The summed E-state index contributed by atoms with van der Waals surface area (Å²) in [5.74, 6) is 0.462. The molecule has 2 rings (SSSR count). The Morgan fingerprint density at radius 1 is 1.56 bits per heavy atom. The number of aryl methyl sites for hydroxylation is 1. The minimum Gasteiger partial charge on any atom is -0.393 e. The number of aliphatic hydroxyl groups excluding tert-OH is 1. The Balaban J connectivity index is 1.75. The zero-order valence-electron chi connectivity index (χ0n) is 9.50. The molecule has 1 aromatic rings. The van der Waals surface area contributed by atoms with E-state index < -0.39 is 0 Å². The van der Waals surface area contributed by atoms with Crippen LogP contribution in [0.2, 0.25) is 0 Å². The highest BCUT2D eigenvalue weighted by atomic mass is 79.9. The van der Waals surface area contributed by atoms with Gasteiger partial charge in [-0.3, -0.25) is 0 Å². The van der Waals surface area contributed by atoms with Gasteiger partial charge >= 0.3 is 0 Å². The minimum atomic E-state index is -0.0793. The van der Waals surface area contributed by atoms with E-state index >= 15 is 0 Å². The van der Waals surface area contributed by atoms with E-state index in [0.717, 1.165) is 19.5 Å². The first kappa shape index (κ1) is 12.6. The quantitative estimate of drug-likeness (QED) is 0.896. The second-order valence-corrected chi connectivity index (χ2v) is 7.01. The molecule has 0 saturated heterocycles. The Hall–Kier alpha value is 0.100. The lowest BCUT2D eigenvalue weighted by molar-refractivity contribution is 0.131. The molecule has 1 aliphatic rings. The van der Waals surface area contributed by atoms with Crippen molar-refractivity contribution in [1.29, 1.82) is 0 Å². The molecule has 0 amide bonds. The highest BCUT2D eigenvalue weighted by Crippen LogP contribution is 2.28. The van der Waals surface area contributed by atoms with Crippen LogP contribution in [0.1, 0.15) is 29.7 Å². The van der Waals surface area contributed by atoms with Crippen LogP contribution in [0.5, 0.6) is 0 Å². The maximum atomic E-state index is 9.69. The first-order valence-corrected chi connectivity index (χ1v) is 7.41. The molecule has 0 spiro atoms. The first-order valence-electron chi connectivity index (χ1n) is 5.80. The van der Waals surface area contributed by atoms with Gasteiger partial charge in [0, 0.05) is 18.0 Å². The fraction of sp³-hybridized carbons (Fsp3) is 0.667. The molecule has 1 fully saturated rings. The highest BCUT2D eigenvalue weighted by Gasteiger charge is 2.24. The van der Waals surface area contributed by atoms with E-state index in [9.17, 15) is 5.11 Å². The lowest BCUT2D eigenvalue weighted by Crippen LogP contribution is -2.27. The molecular weight excluding hydrogens is 286 g/mol. The second-order valence-electron chi connectivity index (χ2n) is 4.56. The number of nitrogens with one attached hydrogen (secondary N) is 1. The molecular formula is C12H18BrNOS. The lowest BCUT2D eigenvalue weighted by atomic mass is 10.1. The minimum absolute atomic E-state index is 0.0793. The van der Waals surface area contributed by atoms with Crippen LogP contribution >= 0.6 is 27.3 Å². The van der Waals surface area contributed by atoms with Crippen molar-refractivity contribution in [3.8, 4) is 0 Å². The number of aliphatic hydroxyl groups is 1. The summed E-state index contributed by atoms with van der Waals surface area (Å²) in [4.78, 5) is 1.36. The average Bonchev–Trinajstić information content (AvgIpc) is 2.76. The van der Waals surface area contributed by atoms with Gasteiger partial charge in [0.15, 0.2) is 0 Å². The van der Waals surface area contributed by atoms with E-state index in [-0.39, 0.29) is 6.10 Å². The topological polar surface area (TPSA) is 32.3 Å². The third-order valence-corrected chi connectivity index (χ3v) is 5.37. The number of halogens is 1. The van der Waals surface area contributed by atoms with E-state index in [1.54, 1.807) is 11.3 Å². The number of hydrogen-bond donors (Lipinski definition) is 2. The molecule has 0 radical (unpaired) electrons. The maximum Gasteiger partial charge on any atom is 0.0730 e. The summed E-state index contributed by atoms with van der Waals surface area (Å²) in [6, 6.07) is 2.22. The smallest absolute Gasteiger partial charge is 0.0730 e. The van der Waals surface area contributed by atoms with Gasteiger partial charge in [0.25, 0.3) is 0 Å². The highest BCUT2D eigenvalue weighted by molar-refractivity contribution is 9.11. The summed E-state index contributed by atoms with van der Waals surface area (Å²) < 4.78 is 1.23. The molecule has 2 atom stereocenters. The van der Waals surface area contributed by atoms with Crippen LogP contribution in [0.15, 0.2) is 9.85 Å². The molecule has 4 heteroatoms. The van der Waals surface area contributed by atoms with Crippen LogP contribution in [0.25, 0.3) is 0 Å². The van der Waals surface area contributed by atoms with Crippen molar-refractivity contribution in [2.75, 3.05) is 6.54 Å². The van der Waals surface area contributed by atoms with Crippen molar-refractivity contribution >= 4 is 27.3 Å². The maximum absolute atomic E-state index is 9.69. The normalized spacial score (nSPS) is 25.2. The summed E-state index contributed by atoms with van der Waals surface area (Å²) in [7, 11) is 0. The monoisotopic (exact) mass is 303 g/mol. The third-order valence-electron chi connectivity index (χ3n) is 3.23. The second kappa shape index (κ2) is 5.63. The van der Waals surface area contributed by atoms with E-state index in [1.807, 2.05) is 0 Å². The van der Waals surface area contributed by atoms with E-state index in [2.05, 4.69) is 34.2 Å². The molecule has 1 saturated carbocycles. The van der Waals surface area contributed by atoms with Gasteiger partial charge in [0.05, 0.1) is 9.89 Å². The number of hydrogen-bond acceptors (Lipinski definition) is 3. The van der Waals surface area contributed by atoms with Crippen molar-refractivity contribution in [2.24, 2.45) is 5.92 Å². The fourth-order valence-electron chi connectivity index (χ4n) is 2.25. The Bertz CT molecular complexity index is 333. The summed E-state index contributed by atoms with van der Waals surface area (Å²) in [5.41, 5.74) is 1.31. The van der Waals surface area contributed by atoms with Crippen LogP contribution in [-0.2, 0) is 6.54 Å². The van der Waals surface area contributed by atoms with Gasteiger partial charge in [-0.05, 0) is 53.2 Å². The molecule has 2 N–H and O–H groups in total. The van der Waals surface area contributed by atoms with E-state index in [1.165, 1.54) is 27.1 Å². The van der Waals surface area contributed by atoms with Crippen molar-refractivity contribution in [1.82, 2.24) is 5.32 Å². The van der Waals surface area contributed by atoms with Gasteiger partial charge in [0.2, 0.25) is 0 Å². The number of thiophene rings is 1. The van der Waals surface area contributed by atoms with E-state index in [4.69, 9.17) is 0 Å². The predicted molar refractivity (Wildman–Crippen MR) is 71.8 cm³/mol. The van der Waals surface area contributed by atoms with Crippen molar-refractivity contribution in [3.63, 3.8) is 0 Å². The Kier molecular flexibility index (Phi) is 4.41. The Labute approximate surface area is 109 Å². The molecule has 90 valence electrons. The van der Waals surface area contributed by atoms with Gasteiger partial charge in [-0.25, -0.2) is 0 Å². The van der Waals surface area contributed by atoms with Crippen LogP contribution in [0.3, 0.4) is 0 Å². The predicted octanol–water partition coefficient (Wildman–Crippen LogP) is 3.07. The molecule has 0 aliphatic heterocycles. The molecule has 1 heterocycles.